The minimum Gasteiger partial charge on any atom is -0.497 e. The zero-order valence-corrected chi connectivity index (χ0v) is 19.7. The van der Waals surface area contributed by atoms with Crippen molar-refractivity contribution in [3.8, 4) is 11.5 Å². The lowest BCUT2D eigenvalue weighted by Gasteiger charge is -2.29. The summed E-state index contributed by atoms with van der Waals surface area (Å²) in [5.41, 5.74) is 0.901. The lowest BCUT2D eigenvalue weighted by atomic mass is 10.1. The van der Waals surface area contributed by atoms with Crippen LogP contribution < -0.4 is 14.8 Å². The van der Waals surface area contributed by atoms with Gasteiger partial charge in [0.1, 0.15) is 17.5 Å². The Morgan fingerprint density at radius 1 is 0.939 bits per heavy atom. The third-order valence-electron chi connectivity index (χ3n) is 5.46. The summed E-state index contributed by atoms with van der Waals surface area (Å²) < 4.78 is 11.1. The molecule has 0 aliphatic carbocycles. The first-order valence-electron chi connectivity index (χ1n) is 11.2. The van der Waals surface area contributed by atoms with Gasteiger partial charge in [-0.05, 0) is 42.0 Å². The van der Waals surface area contributed by atoms with E-state index in [4.69, 9.17) is 9.47 Å². The van der Waals surface area contributed by atoms with Crippen LogP contribution in [-0.4, -0.2) is 43.0 Å². The number of amides is 2. The maximum atomic E-state index is 13.3. The van der Waals surface area contributed by atoms with Crippen molar-refractivity contribution in [1.29, 1.82) is 0 Å². The van der Waals surface area contributed by atoms with Crippen LogP contribution in [0.1, 0.15) is 26.3 Å². The highest BCUT2D eigenvalue weighted by Gasteiger charge is 2.26. The third-order valence-corrected chi connectivity index (χ3v) is 5.46. The summed E-state index contributed by atoms with van der Waals surface area (Å²) in [6, 6.07) is 20.4. The Labute approximate surface area is 195 Å². The Morgan fingerprint density at radius 2 is 1.64 bits per heavy atom. The molecule has 33 heavy (non-hydrogen) atoms. The quantitative estimate of drug-likeness (QED) is 0.499. The average Bonchev–Trinajstić information content (AvgIpc) is 2.84. The molecule has 0 saturated heterocycles. The number of hydrogen-bond acceptors (Lipinski definition) is 4. The average molecular weight is 449 g/mol. The minimum atomic E-state index is -0.644. The summed E-state index contributed by atoms with van der Waals surface area (Å²) in [5, 5.41) is 4.91. The SMILES string of the molecule is COc1ccc(CN(C(=O)COc2cccc3ccccc23)C(C)C(=O)NCC(C)C)cc1. The normalized spacial score (nSPS) is 11.8. The third kappa shape index (κ3) is 6.48. The Morgan fingerprint density at radius 3 is 2.33 bits per heavy atom. The first-order valence-corrected chi connectivity index (χ1v) is 11.2. The number of rotatable bonds is 10. The van der Waals surface area contributed by atoms with E-state index in [0.29, 0.717) is 18.2 Å². The molecule has 1 unspecified atom stereocenters. The summed E-state index contributed by atoms with van der Waals surface area (Å²) in [5.74, 6) is 1.25. The van der Waals surface area contributed by atoms with Crippen molar-refractivity contribution >= 4 is 22.6 Å². The second-order valence-electron chi connectivity index (χ2n) is 8.45. The summed E-state index contributed by atoms with van der Waals surface area (Å²) in [7, 11) is 1.61. The van der Waals surface area contributed by atoms with Gasteiger partial charge in [-0.3, -0.25) is 9.59 Å². The number of carbonyl (C=O) groups is 2. The molecule has 0 aromatic heterocycles. The molecule has 0 heterocycles. The molecular weight excluding hydrogens is 416 g/mol. The van der Waals surface area contributed by atoms with Crippen molar-refractivity contribution in [3.05, 3.63) is 72.3 Å². The second-order valence-corrected chi connectivity index (χ2v) is 8.45. The van der Waals surface area contributed by atoms with Crippen LogP contribution in [0.3, 0.4) is 0 Å². The van der Waals surface area contributed by atoms with Crippen molar-refractivity contribution in [1.82, 2.24) is 10.2 Å². The van der Waals surface area contributed by atoms with Crippen LogP contribution >= 0.6 is 0 Å². The molecule has 1 N–H and O–H groups in total. The van der Waals surface area contributed by atoms with Crippen LogP contribution in [0.25, 0.3) is 10.8 Å². The summed E-state index contributed by atoms with van der Waals surface area (Å²) in [6.07, 6.45) is 0. The van der Waals surface area contributed by atoms with E-state index >= 15 is 0 Å². The van der Waals surface area contributed by atoms with Crippen LogP contribution in [-0.2, 0) is 16.1 Å². The second kappa shape index (κ2) is 11.4. The lowest BCUT2D eigenvalue weighted by Crippen LogP contribution is -2.49. The van der Waals surface area contributed by atoms with E-state index < -0.39 is 6.04 Å². The topological polar surface area (TPSA) is 67.9 Å². The van der Waals surface area contributed by atoms with Gasteiger partial charge in [0.05, 0.1) is 7.11 Å². The Kier molecular flexibility index (Phi) is 8.30. The highest BCUT2D eigenvalue weighted by Crippen LogP contribution is 2.25. The minimum absolute atomic E-state index is 0.161. The Balaban J connectivity index is 1.77. The van der Waals surface area contributed by atoms with E-state index in [2.05, 4.69) is 5.32 Å². The molecule has 0 fully saturated rings. The molecule has 0 bridgehead atoms. The molecule has 2 amide bonds. The first-order chi connectivity index (χ1) is 15.9. The summed E-state index contributed by atoms with van der Waals surface area (Å²) in [6.45, 7) is 6.49. The maximum absolute atomic E-state index is 13.3. The fourth-order valence-electron chi connectivity index (χ4n) is 3.51. The van der Waals surface area contributed by atoms with Gasteiger partial charge in [0.25, 0.3) is 5.91 Å². The number of carbonyl (C=O) groups excluding carboxylic acids is 2. The van der Waals surface area contributed by atoms with Crippen molar-refractivity contribution in [2.24, 2.45) is 5.92 Å². The molecule has 0 spiro atoms. The van der Waals surface area contributed by atoms with Crippen LogP contribution in [0.5, 0.6) is 11.5 Å². The van der Waals surface area contributed by atoms with Gasteiger partial charge in [0, 0.05) is 18.5 Å². The van der Waals surface area contributed by atoms with Gasteiger partial charge < -0.3 is 19.7 Å². The highest BCUT2D eigenvalue weighted by molar-refractivity contribution is 5.90. The summed E-state index contributed by atoms with van der Waals surface area (Å²) >= 11 is 0. The molecule has 0 aliphatic heterocycles. The largest absolute Gasteiger partial charge is 0.497 e. The number of benzene rings is 3. The van der Waals surface area contributed by atoms with E-state index in [-0.39, 0.29) is 25.0 Å². The van der Waals surface area contributed by atoms with Crippen LogP contribution in [0.4, 0.5) is 0 Å². The van der Waals surface area contributed by atoms with E-state index in [1.54, 1.807) is 18.9 Å². The molecule has 6 nitrogen and oxygen atoms in total. The molecule has 0 aliphatic rings. The molecular formula is C27H32N2O4. The number of methoxy groups -OCH3 is 1. The maximum Gasteiger partial charge on any atom is 0.261 e. The molecule has 1 atom stereocenters. The molecule has 3 aromatic carbocycles. The molecule has 6 heteroatoms. The van der Waals surface area contributed by atoms with Gasteiger partial charge >= 0.3 is 0 Å². The fraction of sp³-hybridized carbons (Fsp3) is 0.333. The van der Waals surface area contributed by atoms with Crippen LogP contribution in [0.2, 0.25) is 0 Å². The Hall–Kier alpha value is -3.54. The van der Waals surface area contributed by atoms with Gasteiger partial charge in [-0.15, -0.1) is 0 Å². The molecule has 0 radical (unpaired) electrons. The van der Waals surface area contributed by atoms with Gasteiger partial charge in [-0.25, -0.2) is 0 Å². The molecule has 3 aromatic rings. The Bertz CT molecular complexity index is 1070. The fourth-order valence-corrected chi connectivity index (χ4v) is 3.51. The van der Waals surface area contributed by atoms with E-state index in [1.165, 1.54) is 0 Å². The van der Waals surface area contributed by atoms with Gasteiger partial charge in [0.15, 0.2) is 6.61 Å². The van der Waals surface area contributed by atoms with Crippen molar-refractivity contribution < 1.29 is 19.1 Å². The number of nitrogens with zero attached hydrogens (tertiary/aromatic N) is 1. The monoisotopic (exact) mass is 448 g/mol. The van der Waals surface area contributed by atoms with E-state index in [0.717, 1.165) is 22.1 Å². The van der Waals surface area contributed by atoms with Crippen molar-refractivity contribution in [2.75, 3.05) is 20.3 Å². The zero-order chi connectivity index (χ0) is 23.8. The number of nitrogens with one attached hydrogen (secondary N) is 1. The van der Waals surface area contributed by atoms with Crippen LogP contribution in [0.15, 0.2) is 66.7 Å². The molecule has 3 rings (SSSR count). The predicted molar refractivity (Wildman–Crippen MR) is 130 cm³/mol. The standard InChI is InChI=1S/C27H32N2O4/c1-19(2)16-28-27(31)20(3)29(17-21-12-14-23(32-4)15-13-21)26(30)18-33-25-11-7-9-22-8-5-6-10-24(22)25/h5-15,19-20H,16-18H2,1-4H3,(H,28,31). The van der Waals surface area contributed by atoms with E-state index in [9.17, 15) is 9.59 Å². The van der Waals surface area contributed by atoms with Gasteiger partial charge in [0.2, 0.25) is 5.91 Å². The van der Waals surface area contributed by atoms with Gasteiger partial charge in [-0.2, -0.15) is 0 Å². The van der Waals surface area contributed by atoms with Crippen molar-refractivity contribution in [2.45, 2.75) is 33.4 Å². The highest BCUT2D eigenvalue weighted by atomic mass is 16.5. The smallest absolute Gasteiger partial charge is 0.261 e. The van der Waals surface area contributed by atoms with Crippen molar-refractivity contribution in [3.63, 3.8) is 0 Å². The van der Waals surface area contributed by atoms with E-state index in [1.807, 2.05) is 80.6 Å². The van der Waals surface area contributed by atoms with Gasteiger partial charge in [-0.1, -0.05) is 62.4 Å². The number of ether oxygens (including phenoxy) is 2. The predicted octanol–water partition coefficient (Wildman–Crippen LogP) is 4.42. The zero-order valence-electron chi connectivity index (χ0n) is 19.7. The molecule has 0 saturated carbocycles. The number of hydrogen-bond donors (Lipinski definition) is 1. The molecule has 174 valence electrons. The lowest BCUT2D eigenvalue weighted by molar-refractivity contribution is -0.142. The first kappa shape index (κ1) is 24.1. The summed E-state index contributed by atoms with van der Waals surface area (Å²) in [4.78, 5) is 27.6. The van der Waals surface area contributed by atoms with Crippen LogP contribution in [0, 0.1) is 5.92 Å². The number of fused-ring (bicyclic) bond motifs is 1.